The van der Waals surface area contributed by atoms with Crippen LogP contribution in [0.25, 0.3) is 0 Å². The van der Waals surface area contributed by atoms with Gasteiger partial charge in [0.25, 0.3) is 0 Å². The highest BCUT2D eigenvalue weighted by molar-refractivity contribution is 5.44. The van der Waals surface area contributed by atoms with Gasteiger partial charge in [-0.1, -0.05) is 12.1 Å². The van der Waals surface area contributed by atoms with Gasteiger partial charge in [-0.05, 0) is 93.2 Å². The van der Waals surface area contributed by atoms with Crippen molar-refractivity contribution in [3.63, 3.8) is 0 Å². The van der Waals surface area contributed by atoms with E-state index in [0.717, 1.165) is 206 Å². The summed E-state index contributed by atoms with van der Waals surface area (Å²) in [5.74, 6) is 3.42. The maximum absolute atomic E-state index is 6.40. The fourth-order valence-corrected chi connectivity index (χ4v) is 7.72. The Kier molecular flexibility index (Phi) is 19.6. The largest absolute Gasteiger partial charge is 0.490 e. The molecule has 0 aliphatic carbocycles. The predicted molar refractivity (Wildman–Crippen MR) is 219 cm³/mol. The van der Waals surface area contributed by atoms with Gasteiger partial charge in [0.05, 0.1) is 72.8 Å². The van der Waals surface area contributed by atoms with Crippen LogP contribution in [0, 0.1) is 0 Å². The van der Waals surface area contributed by atoms with Crippen LogP contribution in [0.5, 0.6) is 23.0 Å². The molecule has 12 nitrogen and oxygen atoms in total. The molecular weight excluding hydrogens is 713 g/mol. The third-order valence-electron chi connectivity index (χ3n) is 11.1. The van der Waals surface area contributed by atoms with Crippen LogP contribution >= 0.6 is 0 Å². The fourth-order valence-electron chi connectivity index (χ4n) is 7.72. The van der Waals surface area contributed by atoms with E-state index in [0.29, 0.717) is 26.4 Å². The van der Waals surface area contributed by atoms with Crippen molar-refractivity contribution in [3.05, 3.63) is 47.5 Å². The molecule has 2 aromatic carbocycles. The van der Waals surface area contributed by atoms with Crippen LogP contribution in [0.3, 0.4) is 0 Å². The van der Waals surface area contributed by atoms with Crippen LogP contribution in [0.2, 0.25) is 0 Å². The van der Waals surface area contributed by atoms with E-state index in [-0.39, 0.29) is 0 Å². The summed E-state index contributed by atoms with van der Waals surface area (Å²) >= 11 is 0. The van der Waals surface area contributed by atoms with Crippen molar-refractivity contribution in [2.45, 2.75) is 57.8 Å². The number of hydrogen-bond donors (Lipinski definition) is 0. The van der Waals surface area contributed by atoms with E-state index < -0.39 is 0 Å². The summed E-state index contributed by atoms with van der Waals surface area (Å²) in [6, 6.07) is 13.1. The average Bonchev–Trinajstić information content (AvgIpc) is 3.25. The zero-order valence-electron chi connectivity index (χ0n) is 34.1. The second-order valence-electron chi connectivity index (χ2n) is 15.4. The Morgan fingerprint density at radius 1 is 0.393 bits per heavy atom. The van der Waals surface area contributed by atoms with Gasteiger partial charge in [0.15, 0.2) is 23.0 Å². The first kappa shape index (κ1) is 42.9. The molecule has 314 valence electrons. The first-order valence-electron chi connectivity index (χ1n) is 21.8. The Morgan fingerprint density at radius 2 is 0.786 bits per heavy atom. The Hall–Kier alpha value is -2.68. The number of rotatable bonds is 25. The van der Waals surface area contributed by atoms with Crippen molar-refractivity contribution < 1.29 is 37.9 Å². The van der Waals surface area contributed by atoms with Gasteiger partial charge in [-0.15, -0.1) is 0 Å². The molecular formula is C44H70N4O8. The molecule has 0 spiro atoms. The summed E-state index contributed by atoms with van der Waals surface area (Å²) in [6.45, 7) is 20.5. The van der Waals surface area contributed by atoms with Crippen LogP contribution in [-0.4, -0.2) is 171 Å². The van der Waals surface area contributed by atoms with Crippen molar-refractivity contribution in [3.8, 4) is 23.0 Å². The molecule has 0 atom stereocenters. The zero-order valence-corrected chi connectivity index (χ0v) is 34.1. The van der Waals surface area contributed by atoms with Crippen LogP contribution in [0.1, 0.15) is 56.1 Å². The molecule has 12 heteroatoms. The smallest absolute Gasteiger partial charge is 0.161 e. The third kappa shape index (κ3) is 15.9. The van der Waals surface area contributed by atoms with Gasteiger partial charge < -0.3 is 37.9 Å². The maximum Gasteiger partial charge on any atom is 0.161 e. The topological polar surface area (TPSA) is 86.8 Å². The van der Waals surface area contributed by atoms with Gasteiger partial charge in [-0.25, -0.2) is 0 Å². The minimum Gasteiger partial charge on any atom is -0.490 e. The molecule has 4 saturated heterocycles. The summed E-state index contributed by atoms with van der Waals surface area (Å²) in [5.41, 5.74) is 2.58. The van der Waals surface area contributed by atoms with Gasteiger partial charge in [0.2, 0.25) is 0 Å². The number of benzene rings is 2. The number of nitrogens with zero attached hydrogens (tertiary/aromatic N) is 4. The van der Waals surface area contributed by atoms with Gasteiger partial charge >= 0.3 is 0 Å². The second-order valence-corrected chi connectivity index (χ2v) is 15.4. The van der Waals surface area contributed by atoms with Crippen molar-refractivity contribution in [2.24, 2.45) is 0 Å². The van der Waals surface area contributed by atoms with Crippen LogP contribution < -0.4 is 18.9 Å². The number of ether oxygens (including phenoxy) is 8. The molecule has 2 aromatic rings. The molecule has 0 bridgehead atoms. The van der Waals surface area contributed by atoms with Gasteiger partial charge in [-0.2, -0.15) is 0 Å². The Labute approximate surface area is 336 Å². The summed E-state index contributed by atoms with van der Waals surface area (Å²) < 4.78 is 47.6. The summed E-state index contributed by atoms with van der Waals surface area (Å²) in [5, 5.41) is 0. The van der Waals surface area contributed by atoms with Gasteiger partial charge in [0, 0.05) is 78.6 Å². The van der Waals surface area contributed by atoms with E-state index in [9.17, 15) is 0 Å². The highest BCUT2D eigenvalue weighted by Gasteiger charge is 2.15. The minimum absolute atomic E-state index is 0.662. The van der Waals surface area contributed by atoms with Crippen molar-refractivity contribution >= 4 is 0 Å². The van der Waals surface area contributed by atoms with E-state index in [1.807, 2.05) is 0 Å². The molecule has 0 unspecified atom stereocenters. The molecule has 6 rings (SSSR count). The molecule has 0 aromatic heterocycles. The lowest BCUT2D eigenvalue weighted by Gasteiger charge is -2.26. The van der Waals surface area contributed by atoms with Gasteiger partial charge in [-0.3, -0.25) is 19.6 Å². The number of hydrogen-bond acceptors (Lipinski definition) is 12. The SMILES string of the molecule is c1cc(OCCCN2CCOCC2)c(OCCCN2CCOCC2)cc1CCCCc1ccc(OCCCN2CCOCC2)c(OCCCN2CCCOC2)c1. The monoisotopic (exact) mass is 783 g/mol. The van der Waals surface area contributed by atoms with Crippen LogP contribution in [0.15, 0.2) is 36.4 Å². The standard InChI is InChI=1S/C44H70N4O8/c1(8-39-10-12-41(53-26-4-14-45-19-30-49-31-20-45)43(36-39)55-28-6-16-47-23-34-51-35-24-47)2-9-40-11-13-42(54-27-5-15-46-21-32-50-33-22-46)44(37-40)56-29-7-18-48-17-3-25-52-38-48/h10-13,36-37H,1-9,14-35,38H2. The molecule has 0 N–H and O–H groups in total. The lowest BCUT2D eigenvalue weighted by molar-refractivity contribution is -0.0149. The van der Waals surface area contributed by atoms with Gasteiger partial charge in [0.1, 0.15) is 0 Å². The van der Waals surface area contributed by atoms with E-state index in [2.05, 4.69) is 56.0 Å². The normalized spacial score (nSPS) is 19.2. The summed E-state index contributed by atoms with van der Waals surface area (Å²) in [6.07, 6.45) is 9.18. The first-order valence-corrected chi connectivity index (χ1v) is 21.8. The fraction of sp³-hybridized carbons (Fsp3) is 0.727. The predicted octanol–water partition coefficient (Wildman–Crippen LogP) is 5.00. The van der Waals surface area contributed by atoms with Crippen molar-refractivity contribution in [1.29, 1.82) is 0 Å². The minimum atomic E-state index is 0.662. The average molecular weight is 783 g/mol. The molecule has 4 aliphatic rings. The lowest BCUT2D eigenvalue weighted by atomic mass is 10.0. The van der Waals surface area contributed by atoms with Crippen molar-refractivity contribution in [1.82, 2.24) is 19.6 Å². The Morgan fingerprint density at radius 3 is 1.18 bits per heavy atom. The lowest BCUT2D eigenvalue weighted by Crippen LogP contribution is -2.37. The molecule has 56 heavy (non-hydrogen) atoms. The molecule has 4 heterocycles. The number of unbranched alkanes of at least 4 members (excludes halogenated alkanes) is 1. The van der Waals surface area contributed by atoms with E-state index in [1.165, 1.54) is 11.1 Å². The number of morpholine rings is 3. The number of aryl methyl sites for hydroxylation is 2. The van der Waals surface area contributed by atoms with E-state index >= 15 is 0 Å². The second kappa shape index (κ2) is 25.6. The zero-order chi connectivity index (χ0) is 38.3. The molecule has 4 fully saturated rings. The summed E-state index contributed by atoms with van der Waals surface area (Å²) in [4.78, 5) is 9.73. The first-order chi connectivity index (χ1) is 27.8. The highest BCUT2D eigenvalue weighted by Crippen LogP contribution is 2.31. The summed E-state index contributed by atoms with van der Waals surface area (Å²) in [7, 11) is 0. The van der Waals surface area contributed by atoms with Crippen molar-refractivity contribution in [2.75, 3.05) is 151 Å². The molecule has 0 radical (unpaired) electrons. The molecule has 0 amide bonds. The van der Waals surface area contributed by atoms with Crippen LogP contribution in [0.4, 0.5) is 0 Å². The Balaban J connectivity index is 0.974. The highest BCUT2D eigenvalue weighted by atomic mass is 16.5. The van der Waals surface area contributed by atoms with E-state index in [4.69, 9.17) is 37.9 Å². The molecule has 0 saturated carbocycles. The Bertz CT molecular complexity index is 1240. The third-order valence-corrected chi connectivity index (χ3v) is 11.1. The maximum atomic E-state index is 6.40. The molecule has 4 aliphatic heterocycles. The van der Waals surface area contributed by atoms with Crippen LogP contribution in [-0.2, 0) is 31.8 Å². The quantitative estimate of drug-likeness (QED) is 0.127. The van der Waals surface area contributed by atoms with E-state index in [1.54, 1.807) is 0 Å².